The average molecular weight is 454 g/mol. The third kappa shape index (κ3) is 4.06. The van der Waals surface area contributed by atoms with Crippen molar-refractivity contribution in [2.24, 2.45) is 5.92 Å². The van der Waals surface area contributed by atoms with Gasteiger partial charge in [-0.25, -0.2) is 0 Å². The van der Waals surface area contributed by atoms with Crippen LogP contribution in [0.5, 0.6) is 0 Å². The number of nitrogens with zero attached hydrogens (tertiary/aromatic N) is 3. The Labute approximate surface area is 193 Å². The molecule has 7 heteroatoms. The first kappa shape index (κ1) is 22.5. The number of hydrogen-bond acceptors (Lipinski definition) is 5. The molecule has 6 nitrogen and oxygen atoms in total. The maximum atomic E-state index is 13.5. The van der Waals surface area contributed by atoms with E-state index in [1.165, 1.54) is 4.90 Å². The Bertz CT molecular complexity index is 1000. The van der Waals surface area contributed by atoms with Crippen molar-refractivity contribution in [3.05, 3.63) is 51.7 Å². The molecule has 2 aromatic rings. The van der Waals surface area contributed by atoms with E-state index in [1.807, 2.05) is 48.5 Å². The molecule has 3 heterocycles. The minimum atomic E-state index is -0.307. The Morgan fingerprint density at radius 2 is 2.03 bits per heavy atom. The summed E-state index contributed by atoms with van der Waals surface area (Å²) in [6, 6.07) is 9.08. The van der Waals surface area contributed by atoms with Crippen LogP contribution in [0.1, 0.15) is 71.2 Å². The van der Waals surface area contributed by atoms with E-state index in [9.17, 15) is 14.4 Å². The van der Waals surface area contributed by atoms with E-state index in [2.05, 4.69) is 11.8 Å². The smallest absolute Gasteiger partial charge is 0.264 e. The molecule has 1 aromatic carbocycles. The van der Waals surface area contributed by atoms with Crippen LogP contribution in [0.3, 0.4) is 0 Å². The van der Waals surface area contributed by atoms with Gasteiger partial charge in [-0.15, -0.1) is 11.3 Å². The number of unbranched alkanes of at least 4 members (excludes halogenated alkanes) is 1. The van der Waals surface area contributed by atoms with E-state index in [4.69, 9.17) is 0 Å². The number of thiophene rings is 1. The van der Waals surface area contributed by atoms with Gasteiger partial charge in [0.2, 0.25) is 5.91 Å². The monoisotopic (exact) mass is 453 g/mol. The molecule has 1 fully saturated rings. The molecule has 0 saturated carbocycles. The molecule has 0 N–H and O–H groups in total. The fourth-order valence-electron chi connectivity index (χ4n) is 4.77. The quantitative estimate of drug-likeness (QED) is 0.576. The zero-order chi connectivity index (χ0) is 22.8. The first-order valence-electron chi connectivity index (χ1n) is 11.5. The predicted molar refractivity (Wildman–Crippen MR) is 127 cm³/mol. The normalized spacial score (nSPS) is 19.3. The summed E-state index contributed by atoms with van der Waals surface area (Å²) in [5.74, 6) is -0.396. The van der Waals surface area contributed by atoms with Crippen molar-refractivity contribution in [2.45, 2.75) is 45.6 Å². The zero-order valence-electron chi connectivity index (χ0n) is 19.0. The predicted octanol–water partition coefficient (Wildman–Crippen LogP) is 4.58. The molecule has 0 aliphatic carbocycles. The van der Waals surface area contributed by atoms with Crippen LogP contribution in [-0.2, 0) is 4.79 Å². The molecule has 0 radical (unpaired) electrons. The Kier molecular flexibility index (Phi) is 6.65. The summed E-state index contributed by atoms with van der Waals surface area (Å²) in [5, 5.41) is 1.96. The highest BCUT2D eigenvalue weighted by molar-refractivity contribution is 7.10. The first-order chi connectivity index (χ1) is 15.4. The number of amides is 3. The summed E-state index contributed by atoms with van der Waals surface area (Å²) < 4.78 is 0. The van der Waals surface area contributed by atoms with Crippen molar-refractivity contribution < 1.29 is 14.4 Å². The summed E-state index contributed by atoms with van der Waals surface area (Å²) in [6.07, 6.45) is 3.80. The summed E-state index contributed by atoms with van der Waals surface area (Å²) in [7, 11) is 1.88. The average Bonchev–Trinajstić information content (AvgIpc) is 3.44. The lowest BCUT2D eigenvalue weighted by Crippen LogP contribution is -2.44. The van der Waals surface area contributed by atoms with Crippen LogP contribution in [0.25, 0.3) is 0 Å². The number of anilines is 1. The van der Waals surface area contributed by atoms with Crippen LogP contribution in [0.2, 0.25) is 0 Å². The summed E-state index contributed by atoms with van der Waals surface area (Å²) >= 11 is 1.55. The van der Waals surface area contributed by atoms with Gasteiger partial charge >= 0.3 is 0 Å². The Morgan fingerprint density at radius 3 is 2.75 bits per heavy atom. The van der Waals surface area contributed by atoms with Gasteiger partial charge in [0.05, 0.1) is 28.8 Å². The number of benzene rings is 1. The summed E-state index contributed by atoms with van der Waals surface area (Å²) in [4.78, 5) is 45.9. The first-order valence-corrected chi connectivity index (χ1v) is 12.4. The molecule has 3 amide bonds. The van der Waals surface area contributed by atoms with Gasteiger partial charge in [-0.2, -0.15) is 0 Å². The summed E-state index contributed by atoms with van der Waals surface area (Å²) in [5.41, 5.74) is 1.72. The highest BCUT2D eigenvalue weighted by Crippen LogP contribution is 2.38. The third-order valence-electron chi connectivity index (χ3n) is 6.60. The maximum absolute atomic E-state index is 13.5. The molecule has 170 valence electrons. The molecule has 32 heavy (non-hydrogen) atoms. The Hall–Kier alpha value is -2.67. The molecule has 0 spiro atoms. The lowest BCUT2D eigenvalue weighted by Gasteiger charge is -2.36. The standard InChI is InChI=1S/C25H31N3O3S/c1-4-5-13-26(3)23(29)18-9-7-14-27(16-18)20-11-6-10-19-22(20)25(31)28(24(19)30)17(2)21-12-8-15-32-21/h6,8,10-12,15,17-18H,4-5,7,9,13-14,16H2,1-3H3/t17-,18+/m0/s1. The Balaban J connectivity index is 1.58. The fourth-order valence-corrected chi connectivity index (χ4v) is 5.55. The van der Waals surface area contributed by atoms with Gasteiger partial charge < -0.3 is 9.80 Å². The van der Waals surface area contributed by atoms with Gasteiger partial charge in [-0.05, 0) is 49.8 Å². The van der Waals surface area contributed by atoms with Crippen molar-refractivity contribution >= 4 is 34.7 Å². The third-order valence-corrected chi connectivity index (χ3v) is 7.64. The highest BCUT2D eigenvalue weighted by atomic mass is 32.1. The minimum Gasteiger partial charge on any atom is -0.370 e. The maximum Gasteiger partial charge on any atom is 0.264 e. The molecule has 0 bridgehead atoms. The van der Waals surface area contributed by atoms with Gasteiger partial charge in [-0.3, -0.25) is 19.3 Å². The van der Waals surface area contributed by atoms with Crippen LogP contribution in [0.4, 0.5) is 5.69 Å². The SMILES string of the molecule is CCCCN(C)C(=O)[C@@H]1CCCN(c2cccc3c2C(=O)N([C@@H](C)c2cccs2)C3=O)C1. The number of carbonyl (C=O) groups is 3. The van der Waals surface area contributed by atoms with Crippen molar-refractivity contribution in [1.82, 2.24) is 9.80 Å². The van der Waals surface area contributed by atoms with Crippen molar-refractivity contribution in [2.75, 3.05) is 31.6 Å². The molecule has 2 atom stereocenters. The number of piperidine rings is 1. The number of imide groups is 1. The van der Waals surface area contributed by atoms with Gasteiger partial charge in [0.1, 0.15) is 0 Å². The van der Waals surface area contributed by atoms with E-state index in [1.54, 1.807) is 17.4 Å². The second-order valence-electron chi connectivity index (χ2n) is 8.77. The highest BCUT2D eigenvalue weighted by Gasteiger charge is 2.42. The van der Waals surface area contributed by atoms with Gasteiger partial charge in [0.15, 0.2) is 0 Å². The lowest BCUT2D eigenvalue weighted by atomic mass is 9.95. The van der Waals surface area contributed by atoms with E-state index >= 15 is 0 Å². The molecule has 1 saturated heterocycles. The van der Waals surface area contributed by atoms with Crippen molar-refractivity contribution in [3.8, 4) is 0 Å². The van der Waals surface area contributed by atoms with Crippen LogP contribution in [0, 0.1) is 5.92 Å². The fraction of sp³-hybridized carbons (Fsp3) is 0.480. The zero-order valence-corrected chi connectivity index (χ0v) is 19.9. The molecule has 0 unspecified atom stereocenters. The molecular weight excluding hydrogens is 422 g/mol. The molecule has 1 aromatic heterocycles. The van der Waals surface area contributed by atoms with Crippen LogP contribution < -0.4 is 4.90 Å². The van der Waals surface area contributed by atoms with Crippen LogP contribution in [0.15, 0.2) is 35.7 Å². The number of fused-ring (bicyclic) bond motifs is 1. The molecule has 2 aliphatic rings. The number of rotatable bonds is 7. The van der Waals surface area contributed by atoms with Gasteiger partial charge in [-0.1, -0.05) is 25.5 Å². The van der Waals surface area contributed by atoms with Crippen molar-refractivity contribution in [3.63, 3.8) is 0 Å². The largest absolute Gasteiger partial charge is 0.370 e. The van der Waals surface area contributed by atoms with Gasteiger partial charge in [0, 0.05) is 31.6 Å². The topological polar surface area (TPSA) is 60.9 Å². The minimum absolute atomic E-state index is 0.0881. The van der Waals surface area contributed by atoms with Crippen LogP contribution >= 0.6 is 11.3 Å². The molecular formula is C25H31N3O3S. The number of hydrogen-bond donors (Lipinski definition) is 0. The van der Waals surface area contributed by atoms with Crippen molar-refractivity contribution in [1.29, 1.82) is 0 Å². The van der Waals surface area contributed by atoms with E-state index < -0.39 is 0 Å². The molecule has 4 rings (SSSR count). The second-order valence-corrected chi connectivity index (χ2v) is 9.75. The van der Waals surface area contributed by atoms with Gasteiger partial charge in [0.25, 0.3) is 11.8 Å². The van der Waals surface area contributed by atoms with E-state index in [0.29, 0.717) is 17.7 Å². The second kappa shape index (κ2) is 9.45. The number of carbonyl (C=O) groups excluding carboxylic acids is 3. The van der Waals surface area contributed by atoms with E-state index in [-0.39, 0.29) is 29.7 Å². The Morgan fingerprint density at radius 1 is 1.22 bits per heavy atom. The lowest BCUT2D eigenvalue weighted by molar-refractivity contribution is -0.134. The molecule has 2 aliphatic heterocycles. The van der Waals surface area contributed by atoms with E-state index in [0.717, 1.165) is 49.3 Å². The van der Waals surface area contributed by atoms with Crippen LogP contribution in [-0.4, -0.2) is 54.2 Å². The summed E-state index contributed by atoms with van der Waals surface area (Å²) in [6.45, 7) is 6.15.